The van der Waals surface area contributed by atoms with Crippen LogP contribution in [-0.2, 0) is 0 Å². The second-order valence-electron chi connectivity index (χ2n) is 2.24. The average Bonchev–Trinajstić information content (AvgIpc) is 2.40. The molecule has 4 heteroatoms. The molecule has 0 fully saturated rings. The fourth-order valence-corrected chi connectivity index (χ4v) is 1.63. The molecule has 11 heavy (non-hydrogen) atoms. The van der Waals surface area contributed by atoms with Gasteiger partial charge < -0.3 is 4.90 Å². The van der Waals surface area contributed by atoms with E-state index in [0.717, 1.165) is 18.9 Å². The third kappa shape index (κ3) is 1.85. The van der Waals surface area contributed by atoms with Crippen molar-refractivity contribution >= 4 is 28.4 Å². The molecule has 0 aliphatic carbocycles. The van der Waals surface area contributed by atoms with Crippen molar-refractivity contribution in [1.82, 2.24) is 10.2 Å². The summed E-state index contributed by atoms with van der Waals surface area (Å²) in [5, 5.41) is 6.94. The fraction of sp³-hybridized carbons (Fsp3) is 0.571. The van der Waals surface area contributed by atoms with Gasteiger partial charge in [-0.3, -0.25) is 5.10 Å². The van der Waals surface area contributed by atoms with Gasteiger partial charge in [-0.15, -0.1) is 0 Å². The molecule has 0 aliphatic rings. The quantitative estimate of drug-likeness (QED) is 0.846. The summed E-state index contributed by atoms with van der Waals surface area (Å²) in [5.41, 5.74) is 0. The molecule has 0 saturated carbocycles. The molecule has 0 atom stereocenters. The third-order valence-electron chi connectivity index (χ3n) is 1.65. The van der Waals surface area contributed by atoms with Crippen LogP contribution in [0.2, 0.25) is 0 Å². The first-order valence-corrected chi connectivity index (χ1v) is 4.81. The molecule has 0 unspecified atom stereocenters. The number of rotatable bonds is 3. The number of anilines is 1. The van der Waals surface area contributed by atoms with Gasteiger partial charge in [-0.2, -0.15) is 5.10 Å². The van der Waals surface area contributed by atoms with E-state index in [1.165, 1.54) is 3.57 Å². The maximum absolute atomic E-state index is 3.96. The fourth-order valence-electron chi connectivity index (χ4n) is 1.03. The Bertz CT molecular complexity index is 217. The third-order valence-corrected chi connectivity index (χ3v) is 2.44. The number of halogens is 1. The summed E-state index contributed by atoms with van der Waals surface area (Å²) in [6.45, 7) is 6.32. The Kier molecular flexibility index (Phi) is 3.16. The molecule has 3 nitrogen and oxygen atoms in total. The Hall–Kier alpha value is -0.260. The van der Waals surface area contributed by atoms with Crippen LogP contribution in [0.1, 0.15) is 13.8 Å². The smallest absolute Gasteiger partial charge is 0.137 e. The lowest BCUT2D eigenvalue weighted by atomic mass is 10.5. The van der Waals surface area contributed by atoms with Crippen LogP contribution in [0.15, 0.2) is 6.20 Å². The number of H-pyrrole nitrogens is 1. The first-order valence-electron chi connectivity index (χ1n) is 3.73. The first-order chi connectivity index (χ1) is 5.29. The standard InChI is InChI=1S/C7H12IN3/c1-3-11(4-2)7-6(8)5-9-10-7/h5H,3-4H2,1-2H3,(H,9,10). The van der Waals surface area contributed by atoms with Crippen molar-refractivity contribution in [3.63, 3.8) is 0 Å². The summed E-state index contributed by atoms with van der Waals surface area (Å²) in [7, 11) is 0. The van der Waals surface area contributed by atoms with Gasteiger partial charge in [-0.1, -0.05) is 0 Å². The molecule has 0 spiro atoms. The van der Waals surface area contributed by atoms with E-state index in [9.17, 15) is 0 Å². The number of hydrogen-bond acceptors (Lipinski definition) is 2. The predicted octanol–water partition coefficient (Wildman–Crippen LogP) is 1.86. The Balaban J connectivity index is 2.81. The van der Waals surface area contributed by atoms with Gasteiger partial charge in [0.25, 0.3) is 0 Å². The summed E-state index contributed by atoms with van der Waals surface area (Å²) in [4.78, 5) is 2.24. The highest BCUT2D eigenvalue weighted by atomic mass is 127. The molecular formula is C7H12IN3. The molecule has 0 bridgehead atoms. The molecule has 1 N–H and O–H groups in total. The van der Waals surface area contributed by atoms with Crippen LogP contribution in [0, 0.1) is 3.57 Å². The number of nitrogens with one attached hydrogen (secondary N) is 1. The lowest BCUT2D eigenvalue weighted by molar-refractivity contribution is 0.837. The summed E-state index contributed by atoms with van der Waals surface area (Å²) in [5.74, 6) is 1.13. The van der Waals surface area contributed by atoms with Crippen LogP contribution in [0.25, 0.3) is 0 Å². The van der Waals surface area contributed by atoms with Crippen molar-refractivity contribution in [1.29, 1.82) is 0 Å². The zero-order valence-corrected chi connectivity index (χ0v) is 8.92. The normalized spacial score (nSPS) is 10.1. The van der Waals surface area contributed by atoms with Crippen LogP contribution in [0.3, 0.4) is 0 Å². The second kappa shape index (κ2) is 3.94. The van der Waals surface area contributed by atoms with Crippen molar-refractivity contribution in [3.05, 3.63) is 9.77 Å². The SMILES string of the molecule is CCN(CC)c1[nH]ncc1I. The largest absolute Gasteiger partial charge is 0.357 e. The van der Waals surface area contributed by atoms with Gasteiger partial charge in [0, 0.05) is 13.1 Å². The minimum atomic E-state index is 1.02. The summed E-state index contributed by atoms with van der Waals surface area (Å²) in [6.07, 6.45) is 1.84. The van der Waals surface area contributed by atoms with Crippen molar-refractivity contribution in [3.8, 4) is 0 Å². The van der Waals surface area contributed by atoms with E-state index in [-0.39, 0.29) is 0 Å². The molecule has 1 rings (SSSR count). The van der Waals surface area contributed by atoms with Gasteiger partial charge in [-0.25, -0.2) is 0 Å². The van der Waals surface area contributed by atoms with Gasteiger partial charge in [0.05, 0.1) is 9.77 Å². The van der Waals surface area contributed by atoms with Crippen molar-refractivity contribution in [2.45, 2.75) is 13.8 Å². The number of aromatic amines is 1. The second-order valence-corrected chi connectivity index (χ2v) is 3.40. The highest BCUT2D eigenvalue weighted by Gasteiger charge is 2.06. The minimum Gasteiger partial charge on any atom is -0.357 e. The molecule has 1 heterocycles. The molecule has 0 amide bonds. The maximum Gasteiger partial charge on any atom is 0.137 e. The highest BCUT2D eigenvalue weighted by Crippen LogP contribution is 2.17. The van der Waals surface area contributed by atoms with Gasteiger partial charge in [-0.05, 0) is 36.4 Å². The molecule has 0 aromatic carbocycles. The Labute approximate surface area is 80.3 Å². The predicted molar refractivity (Wildman–Crippen MR) is 54.9 cm³/mol. The zero-order chi connectivity index (χ0) is 8.27. The monoisotopic (exact) mass is 265 g/mol. The molecule has 1 aromatic heterocycles. The molecule has 1 aromatic rings. The van der Waals surface area contributed by atoms with E-state index in [1.54, 1.807) is 0 Å². The Morgan fingerprint density at radius 1 is 1.55 bits per heavy atom. The Morgan fingerprint density at radius 2 is 2.18 bits per heavy atom. The van der Waals surface area contributed by atoms with Crippen LogP contribution in [0.4, 0.5) is 5.82 Å². The minimum absolute atomic E-state index is 1.02. The van der Waals surface area contributed by atoms with Crippen LogP contribution in [0.5, 0.6) is 0 Å². The van der Waals surface area contributed by atoms with E-state index in [4.69, 9.17) is 0 Å². The summed E-state index contributed by atoms with van der Waals surface area (Å²) < 4.78 is 1.19. The van der Waals surface area contributed by atoms with Crippen LogP contribution >= 0.6 is 22.6 Å². The Morgan fingerprint density at radius 3 is 2.55 bits per heavy atom. The summed E-state index contributed by atoms with van der Waals surface area (Å²) >= 11 is 2.28. The van der Waals surface area contributed by atoms with Gasteiger partial charge in [0.15, 0.2) is 0 Å². The first kappa shape index (κ1) is 8.83. The number of hydrogen-bond donors (Lipinski definition) is 1. The van der Waals surface area contributed by atoms with Gasteiger partial charge in [0.2, 0.25) is 0 Å². The maximum atomic E-state index is 3.96. The zero-order valence-electron chi connectivity index (χ0n) is 6.76. The topological polar surface area (TPSA) is 31.9 Å². The van der Waals surface area contributed by atoms with E-state index >= 15 is 0 Å². The van der Waals surface area contributed by atoms with Crippen molar-refractivity contribution in [2.75, 3.05) is 18.0 Å². The molecule has 62 valence electrons. The lowest BCUT2D eigenvalue weighted by Crippen LogP contribution is -2.22. The average molecular weight is 265 g/mol. The van der Waals surface area contributed by atoms with E-state index in [1.807, 2.05) is 6.20 Å². The van der Waals surface area contributed by atoms with E-state index < -0.39 is 0 Å². The molecule has 0 aliphatic heterocycles. The highest BCUT2D eigenvalue weighted by molar-refractivity contribution is 14.1. The number of aromatic nitrogens is 2. The van der Waals surface area contributed by atoms with E-state index in [0.29, 0.717) is 0 Å². The lowest BCUT2D eigenvalue weighted by Gasteiger charge is -2.18. The van der Waals surface area contributed by atoms with Crippen molar-refractivity contribution in [2.24, 2.45) is 0 Å². The number of nitrogens with zero attached hydrogens (tertiary/aromatic N) is 2. The molecular weight excluding hydrogens is 253 g/mol. The van der Waals surface area contributed by atoms with Gasteiger partial charge in [0.1, 0.15) is 5.82 Å². The van der Waals surface area contributed by atoms with Crippen molar-refractivity contribution < 1.29 is 0 Å². The summed E-state index contributed by atoms with van der Waals surface area (Å²) in [6, 6.07) is 0. The molecule has 0 saturated heterocycles. The van der Waals surface area contributed by atoms with Gasteiger partial charge >= 0.3 is 0 Å². The van der Waals surface area contributed by atoms with Crippen LogP contribution < -0.4 is 4.90 Å². The van der Waals surface area contributed by atoms with Crippen LogP contribution in [-0.4, -0.2) is 23.3 Å². The van der Waals surface area contributed by atoms with E-state index in [2.05, 4.69) is 51.5 Å². The molecule has 0 radical (unpaired) electrons.